The Kier molecular flexibility index (Phi) is 5.22. The summed E-state index contributed by atoms with van der Waals surface area (Å²) in [5.41, 5.74) is 0.141. The zero-order chi connectivity index (χ0) is 11.2. The second-order valence-corrected chi connectivity index (χ2v) is 3.63. The fraction of sp³-hybridized carbons (Fsp3) is 0.500. The average Bonchev–Trinajstić information content (AvgIpc) is 2.12. The van der Waals surface area contributed by atoms with Crippen LogP contribution in [0.3, 0.4) is 0 Å². The van der Waals surface area contributed by atoms with Gasteiger partial charge in [-0.1, -0.05) is 12.2 Å². The van der Waals surface area contributed by atoms with Gasteiger partial charge in [-0.05, 0) is 18.9 Å². The van der Waals surface area contributed by atoms with E-state index in [0.717, 1.165) is 5.57 Å². The third-order valence-corrected chi connectivity index (χ3v) is 2.13. The Balaban J connectivity index is 4.58. The van der Waals surface area contributed by atoms with E-state index in [-0.39, 0.29) is 6.61 Å². The number of hydrogen-bond acceptors (Lipinski definition) is 2. The summed E-state index contributed by atoms with van der Waals surface area (Å²) in [7, 11) is 0. The molecule has 0 amide bonds. The molecule has 2 heteroatoms. The Morgan fingerprint density at radius 3 is 2.43 bits per heavy atom. The first-order valence-electron chi connectivity index (χ1n) is 4.55. The second-order valence-electron chi connectivity index (χ2n) is 3.63. The van der Waals surface area contributed by atoms with Gasteiger partial charge in [0.25, 0.3) is 0 Å². The lowest BCUT2D eigenvalue weighted by Gasteiger charge is -2.29. The highest BCUT2D eigenvalue weighted by Gasteiger charge is 2.29. The molecule has 78 valence electrons. The van der Waals surface area contributed by atoms with Gasteiger partial charge >= 0.3 is 0 Å². The van der Waals surface area contributed by atoms with Gasteiger partial charge in [-0.25, -0.2) is 0 Å². The highest BCUT2D eigenvalue weighted by molar-refractivity contribution is 5.18. The summed E-state index contributed by atoms with van der Waals surface area (Å²) >= 11 is 0. The van der Waals surface area contributed by atoms with E-state index >= 15 is 0 Å². The molecule has 0 saturated heterocycles. The lowest BCUT2D eigenvalue weighted by atomic mass is 9.85. The van der Waals surface area contributed by atoms with E-state index in [9.17, 15) is 5.11 Å². The molecule has 0 aromatic rings. The highest BCUT2D eigenvalue weighted by Crippen LogP contribution is 2.27. The van der Waals surface area contributed by atoms with Gasteiger partial charge in [-0.3, -0.25) is 0 Å². The van der Waals surface area contributed by atoms with E-state index in [1.165, 1.54) is 0 Å². The molecule has 0 fully saturated rings. The van der Waals surface area contributed by atoms with Crippen molar-refractivity contribution >= 4 is 0 Å². The minimum atomic E-state index is -1.10. The molecule has 0 aromatic carbocycles. The van der Waals surface area contributed by atoms with Crippen molar-refractivity contribution in [3.05, 3.63) is 24.3 Å². The average molecular weight is 194 g/mol. The molecule has 0 aromatic heterocycles. The lowest BCUT2D eigenvalue weighted by Crippen LogP contribution is -2.32. The first-order chi connectivity index (χ1) is 6.46. The second kappa shape index (κ2) is 5.64. The van der Waals surface area contributed by atoms with Crippen LogP contribution in [0.15, 0.2) is 24.3 Å². The van der Waals surface area contributed by atoms with Crippen molar-refractivity contribution in [1.82, 2.24) is 0 Å². The predicted molar refractivity (Wildman–Crippen MR) is 58.7 cm³/mol. The SMILES string of the molecule is C#CCC[C@](O)(CC(=C)C)C(=C)CO. The predicted octanol–water partition coefficient (Wildman–Crippen LogP) is 1.65. The molecule has 1 atom stereocenters. The third kappa shape index (κ3) is 3.78. The molecular formula is C12H18O2. The van der Waals surface area contributed by atoms with Crippen LogP contribution in [0.2, 0.25) is 0 Å². The van der Waals surface area contributed by atoms with Gasteiger partial charge in [0.05, 0.1) is 12.2 Å². The summed E-state index contributed by atoms with van der Waals surface area (Å²) in [6.07, 6.45) is 6.40. The van der Waals surface area contributed by atoms with Crippen LogP contribution in [-0.4, -0.2) is 22.4 Å². The Morgan fingerprint density at radius 1 is 1.50 bits per heavy atom. The molecule has 0 heterocycles. The van der Waals surface area contributed by atoms with Crippen molar-refractivity contribution in [3.63, 3.8) is 0 Å². The summed E-state index contributed by atoms with van der Waals surface area (Å²) in [5, 5.41) is 19.1. The van der Waals surface area contributed by atoms with Crippen molar-refractivity contribution < 1.29 is 10.2 Å². The summed E-state index contributed by atoms with van der Waals surface area (Å²) < 4.78 is 0. The Bertz CT molecular complexity index is 260. The molecule has 0 bridgehead atoms. The van der Waals surface area contributed by atoms with E-state index in [4.69, 9.17) is 11.5 Å². The normalized spacial score (nSPS) is 14.1. The molecule has 0 aliphatic rings. The summed E-state index contributed by atoms with van der Waals surface area (Å²) in [6.45, 7) is 8.97. The Morgan fingerprint density at radius 2 is 2.07 bits per heavy atom. The molecule has 0 saturated carbocycles. The van der Waals surface area contributed by atoms with Crippen LogP contribution in [0.4, 0.5) is 0 Å². The van der Waals surface area contributed by atoms with Gasteiger partial charge in [-0.15, -0.1) is 18.9 Å². The lowest BCUT2D eigenvalue weighted by molar-refractivity contribution is 0.0597. The van der Waals surface area contributed by atoms with Crippen molar-refractivity contribution in [2.24, 2.45) is 0 Å². The smallest absolute Gasteiger partial charge is 0.0921 e. The fourth-order valence-electron chi connectivity index (χ4n) is 1.32. The fourth-order valence-corrected chi connectivity index (χ4v) is 1.32. The molecule has 0 radical (unpaired) electrons. The molecular weight excluding hydrogens is 176 g/mol. The van der Waals surface area contributed by atoms with Gasteiger partial charge in [0.1, 0.15) is 0 Å². The zero-order valence-corrected chi connectivity index (χ0v) is 8.71. The topological polar surface area (TPSA) is 40.5 Å². The molecule has 2 nitrogen and oxygen atoms in total. The Hall–Kier alpha value is -1.04. The number of aliphatic hydroxyl groups is 2. The van der Waals surface area contributed by atoms with Gasteiger partial charge in [-0.2, -0.15) is 0 Å². The van der Waals surface area contributed by atoms with Gasteiger partial charge in [0, 0.05) is 12.8 Å². The number of aliphatic hydroxyl groups excluding tert-OH is 1. The quantitative estimate of drug-likeness (QED) is 0.498. The van der Waals surface area contributed by atoms with Crippen molar-refractivity contribution in [2.45, 2.75) is 31.8 Å². The van der Waals surface area contributed by atoms with Crippen LogP contribution in [0.1, 0.15) is 26.2 Å². The van der Waals surface area contributed by atoms with E-state index in [1.807, 2.05) is 6.92 Å². The molecule has 14 heavy (non-hydrogen) atoms. The monoisotopic (exact) mass is 194 g/mol. The highest BCUT2D eigenvalue weighted by atomic mass is 16.3. The number of terminal acetylenes is 1. The van der Waals surface area contributed by atoms with Gasteiger partial charge < -0.3 is 10.2 Å². The van der Waals surface area contributed by atoms with Crippen molar-refractivity contribution in [2.75, 3.05) is 6.61 Å². The van der Waals surface area contributed by atoms with Crippen LogP contribution in [-0.2, 0) is 0 Å². The number of hydrogen-bond donors (Lipinski definition) is 2. The van der Waals surface area contributed by atoms with E-state index in [2.05, 4.69) is 19.1 Å². The number of rotatable bonds is 6. The maximum atomic E-state index is 10.2. The summed E-state index contributed by atoms with van der Waals surface area (Å²) in [5.74, 6) is 2.46. The standard InChI is InChI=1S/C12H18O2/c1-5-6-7-12(14,8-10(2)3)11(4)9-13/h1,13-14H,2,4,6-9H2,3H3/t12-/m0/s1. The van der Waals surface area contributed by atoms with Crippen LogP contribution < -0.4 is 0 Å². The van der Waals surface area contributed by atoms with Crippen molar-refractivity contribution in [1.29, 1.82) is 0 Å². The van der Waals surface area contributed by atoms with Crippen LogP contribution in [0.25, 0.3) is 0 Å². The summed E-state index contributed by atoms with van der Waals surface area (Å²) in [6, 6.07) is 0. The maximum Gasteiger partial charge on any atom is 0.0921 e. The van der Waals surface area contributed by atoms with Crippen LogP contribution in [0.5, 0.6) is 0 Å². The Labute approximate surface area is 86.0 Å². The van der Waals surface area contributed by atoms with Crippen LogP contribution >= 0.6 is 0 Å². The largest absolute Gasteiger partial charge is 0.392 e. The van der Waals surface area contributed by atoms with E-state index in [1.54, 1.807) is 0 Å². The third-order valence-electron chi connectivity index (χ3n) is 2.13. The van der Waals surface area contributed by atoms with Gasteiger partial charge in [0.15, 0.2) is 0 Å². The van der Waals surface area contributed by atoms with Gasteiger partial charge in [0.2, 0.25) is 0 Å². The van der Waals surface area contributed by atoms with E-state index in [0.29, 0.717) is 24.8 Å². The minimum Gasteiger partial charge on any atom is -0.392 e. The first kappa shape index (κ1) is 13.0. The minimum absolute atomic E-state index is 0.228. The molecule has 0 aliphatic heterocycles. The molecule has 0 aliphatic carbocycles. The maximum absolute atomic E-state index is 10.2. The van der Waals surface area contributed by atoms with E-state index < -0.39 is 5.60 Å². The molecule has 0 unspecified atom stereocenters. The zero-order valence-electron chi connectivity index (χ0n) is 8.71. The first-order valence-corrected chi connectivity index (χ1v) is 4.55. The molecule has 2 N–H and O–H groups in total. The summed E-state index contributed by atoms with van der Waals surface area (Å²) in [4.78, 5) is 0. The van der Waals surface area contributed by atoms with Crippen LogP contribution in [0, 0.1) is 12.3 Å². The molecule has 0 spiro atoms. The van der Waals surface area contributed by atoms with Crippen molar-refractivity contribution in [3.8, 4) is 12.3 Å². The molecule has 0 rings (SSSR count).